The standard InChI is InChI=1S/C16H13N2.C11H8N.C9H5F2N2.2Ir/c1-13-7-9-15(10-8-13)18-16(11-12-17-18)14-5-3-2-4-6-14;1-2-6-10(7-3-1)11-8-4-5-9-12-11;10-7-2-3-9(8(11)6-7)13-5-1-4-12-13;;/h2-9,11-12H,1H3;1-6,8-9H;1-2,4-6H;;/q3*-1;;. The second-order valence-electron chi connectivity index (χ2n) is 9.20. The fourth-order valence-electron chi connectivity index (χ4n) is 4.04. The zero-order valence-electron chi connectivity index (χ0n) is 23.9. The van der Waals surface area contributed by atoms with Crippen molar-refractivity contribution in [3.05, 3.63) is 175 Å². The number of hydrogen-bond acceptors (Lipinski definition) is 3. The molecule has 0 bridgehead atoms. The number of aromatic nitrogens is 5. The number of nitrogens with zero attached hydrogens (tertiary/aromatic N) is 5. The Morgan fingerprint density at radius 2 is 1.49 bits per heavy atom. The topological polar surface area (TPSA) is 48.5 Å². The summed E-state index contributed by atoms with van der Waals surface area (Å²) in [7, 11) is 0. The summed E-state index contributed by atoms with van der Waals surface area (Å²) in [6.45, 7) is 2.06. The molecule has 3 aromatic heterocycles. The number of halogens is 2. The molecule has 0 N–H and O–H groups in total. The number of aryl methyl sites for hydroxylation is 1. The third-order valence-corrected chi connectivity index (χ3v) is 6.11. The van der Waals surface area contributed by atoms with E-state index >= 15 is 0 Å². The molecule has 5 nitrogen and oxygen atoms in total. The Morgan fingerprint density at radius 1 is 0.689 bits per heavy atom. The minimum atomic E-state index is -0.677. The van der Waals surface area contributed by atoms with Crippen LogP contribution in [0.15, 0.2) is 140 Å². The first-order valence-corrected chi connectivity index (χ1v) is 13.4. The van der Waals surface area contributed by atoms with Crippen molar-refractivity contribution in [1.82, 2.24) is 24.5 Å². The largest absolute Gasteiger partial charge is 0.305 e. The first-order valence-electron chi connectivity index (χ1n) is 13.4. The van der Waals surface area contributed by atoms with Crippen LogP contribution in [-0.2, 0) is 40.2 Å². The van der Waals surface area contributed by atoms with E-state index in [9.17, 15) is 8.78 Å². The first kappa shape index (κ1) is 35.1. The maximum atomic E-state index is 13.1. The zero-order chi connectivity index (χ0) is 29.9. The number of rotatable bonds is 4. The van der Waals surface area contributed by atoms with E-state index in [0.717, 1.165) is 40.3 Å². The fraction of sp³-hybridized carbons (Fsp3) is 0.0278. The summed E-state index contributed by atoms with van der Waals surface area (Å²) in [4.78, 5) is 4.22. The maximum Gasteiger partial charge on any atom is 0.0715 e. The molecular weight excluding hydrogens is 925 g/mol. The van der Waals surface area contributed by atoms with Crippen LogP contribution >= 0.6 is 0 Å². The van der Waals surface area contributed by atoms with Crippen LogP contribution in [0, 0.1) is 36.8 Å². The third kappa shape index (κ3) is 9.80. The van der Waals surface area contributed by atoms with Gasteiger partial charge in [-0.1, -0.05) is 49.4 Å². The van der Waals surface area contributed by atoms with E-state index in [2.05, 4.69) is 58.5 Å². The molecule has 0 spiro atoms. The first-order chi connectivity index (χ1) is 21.1. The van der Waals surface area contributed by atoms with Crippen molar-refractivity contribution in [2.24, 2.45) is 0 Å². The SMILES string of the molecule is Cc1c[c-]c(-n2nccc2-c2ccccc2)cc1.Fc1c[c-]c(-n2cccn2)c(F)c1.[Ir].[Ir].[c-]1ccccc1-c1ccccn1. The summed E-state index contributed by atoms with van der Waals surface area (Å²) in [6.07, 6.45) is 6.68. The van der Waals surface area contributed by atoms with Crippen LogP contribution in [0.2, 0.25) is 0 Å². The van der Waals surface area contributed by atoms with Gasteiger partial charge in [-0.15, -0.1) is 54.1 Å². The molecule has 230 valence electrons. The molecule has 2 radical (unpaired) electrons. The van der Waals surface area contributed by atoms with Gasteiger partial charge < -0.3 is 4.98 Å². The summed E-state index contributed by atoms with van der Waals surface area (Å²) < 4.78 is 28.8. The van der Waals surface area contributed by atoms with Crippen LogP contribution in [0.25, 0.3) is 33.9 Å². The molecule has 0 unspecified atom stereocenters. The molecule has 0 aliphatic carbocycles. The Bertz CT molecular complexity index is 1790. The van der Waals surface area contributed by atoms with Gasteiger partial charge in [0.15, 0.2) is 0 Å². The predicted molar refractivity (Wildman–Crippen MR) is 163 cm³/mol. The van der Waals surface area contributed by atoms with E-state index in [1.807, 2.05) is 89.7 Å². The number of benzene rings is 4. The molecular formula is C36H26F2Ir2N5-3. The van der Waals surface area contributed by atoms with Gasteiger partial charge in [0.25, 0.3) is 0 Å². The molecule has 0 saturated heterocycles. The average Bonchev–Trinajstić information content (AvgIpc) is 3.77. The van der Waals surface area contributed by atoms with Crippen LogP contribution in [-0.4, -0.2) is 24.5 Å². The Morgan fingerprint density at radius 3 is 2.13 bits per heavy atom. The quantitative estimate of drug-likeness (QED) is 0.168. The zero-order valence-corrected chi connectivity index (χ0v) is 28.7. The number of pyridine rings is 1. The van der Waals surface area contributed by atoms with Gasteiger partial charge in [0.1, 0.15) is 0 Å². The van der Waals surface area contributed by atoms with Gasteiger partial charge in [-0.25, -0.2) is 0 Å². The van der Waals surface area contributed by atoms with Gasteiger partial charge in [-0.3, -0.25) is 18.1 Å². The monoisotopic (exact) mass is 952 g/mol. The number of hydrogen-bond donors (Lipinski definition) is 0. The molecule has 0 fully saturated rings. The van der Waals surface area contributed by atoms with E-state index in [-0.39, 0.29) is 45.9 Å². The maximum absolute atomic E-state index is 13.1. The van der Waals surface area contributed by atoms with E-state index in [0.29, 0.717) is 0 Å². The van der Waals surface area contributed by atoms with Crippen molar-refractivity contribution in [3.63, 3.8) is 0 Å². The van der Waals surface area contributed by atoms with Crippen LogP contribution in [0.1, 0.15) is 5.56 Å². The molecule has 4 aromatic carbocycles. The van der Waals surface area contributed by atoms with Gasteiger partial charge in [0.05, 0.1) is 5.69 Å². The Balaban J connectivity index is 0.000000185. The fourth-order valence-corrected chi connectivity index (χ4v) is 4.04. The van der Waals surface area contributed by atoms with Gasteiger partial charge in [-0.2, -0.15) is 40.0 Å². The van der Waals surface area contributed by atoms with Crippen molar-refractivity contribution in [2.75, 3.05) is 0 Å². The van der Waals surface area contributed by atoms with Crippen molar-refractivity contribution in [2.45, 2.75) is 6.92 Å². The predicted octanol–water partition coefficient (Wildman–Crippen LogP) is 8.14. The molecule has 3 heterocycles. The molecule has 0 atom stereocenters. The minimum Gasteiger partial charge on any atom is -0.305 e. The van der Waals surface area contributed by atoms with Gasteiger partial charge in [0, 0.05) is 82.2 Å². The molecule has 0 aliphatic heterocycles. The van der Waals surface area contributed by atoms with Crippen molar-refractivity contribution in [1.29, 1.82) is 0 Å². The van der Waals surface area contributed by atoms with Crippen LogP contribution in [0.4, 0.5) is 8.78 Å². The summed E-state index contributed by atoms with van der Waals surface area (Å²) in [5.74, 6) is -1.32. The van der Waals surface area contributed by atoms with Crippen LogP contribution < -0.4 is 0 Å². The van der Waals surface area contributed by atoms with E-state index in [1.165, 1.54) is 16.4 Å². The third-order valence-electron chi connectivity index (χ3n) is 6.11. The Labute approximate surface area is 288 Å². The van der Waals surface area contributed by atoms with Crippen molar-refractivity contribution >= 4 is 0 Å². The van der Waals surface area contributed by atoms with Crippen LogP contribution in [0.3, 0.4) is 0 Å². The second-order valence-corrected chi connectivity index (χ2v) is 9.20. The summed E-state index contributed by atoms with van der Waals surface area (Å²) >= 11 is 0. The second kappa shape index (κ2) is 17.8. The van der Waals surface area contributed by atoms with Crippen LogP contribution in [0.5, 0.6) is 0 Å². The minimum absolute atomic E-state index is 0. The molecule has 0 amide bonds. The van der Waals surface area contributed by atoms with E-state index < -0.39 is 11.6 Å². The van der Waals surface area contributed by atoms with Gasteiger partial charge in [-0.05, 0) is 35.3 Å². The summed E-state index contributed by atoms with van der Waals surface area (Å²) in [5.41, 5.74) is 6.53. The molecule has 7 aromatic rings. The van der Waals surface area contributed by atoms with E-state index in [4.69, 9.17) is 0 Å². The molecule has 45 heavy (non-hydrogen) atoms. The Kier molecular flexibility index (Phi) is 13.9. The molecule has 0 saturated carbocycles. The van der Waals surface area contributed by atoms with Crippen molar-refractivity contribution < 1.29 is 49.0 Å². The molecule has 7 rings (SSSR count). The van der Waals surface area contributed by atoms with Crippen molar-refractivity contribution in [3.8, 4) is 33.9 Å². The normalized spacial score (nSPS) is 9.76. The summed E-state index contributed by atoms with van der Waals surface area (Å²) in [5, 5.41) is 8.18. The Hall–Kier alpha value is -4.39. The summed E-state index contributed by atoms with van der Waals surface area (Å²) in [6, 6.07) is 44.4. The smallest absolute Gasteiger partial charge is 0.0715 e. The molecule has 0 aliphatic rings. The van der Waals surface area contributed by atoms with E-state index in [1.54, 1.807) is 18.5 Å². The van der Waals surface area contributed by atoms with Gasteiger partial charge in [0.2, 0.25) is 0 Å². The molecule has 9 heteroatoms. The van der Waals surface area contributed by atoms with Gasteiger partial charge >= 0.3 is 0 Å². The average molecular weight is 951 g/mol.